The van der Waals surface area contributed by atoms with Crippen molar-refractivity contribution in [3.8, 4) is 0 Å². The fourth-order valence-electron chi connectivity index (χ4n) is 2.49. The average molecular weight is 408 g/mol. The molecule has 0 heterocycles. The molecule has 0 aliphatic heterocycles. The van der Waals surface area contributed by atoms with Crippen molar-refractivity contribution in [3.63, 3.8) is 0 Å². The third-order valence-electron chi connectivity index (χ3n) is 4.00. The van der Waals surface area contributed by atoms with Gasteiger partial charge in [0.25, 0.3) is 0 Å². The Morgan fingerprint density at radius 2 is 1.56 bits per heavy atom. The molecule has 0 saturated carbocycles. The van der Waals surface area contributed by atoms with Gasteiger partial charge < -0.3 is 10.6 Å². The van der Waals surface area contributed by atoms with Gasteiger partial charge in [-0.05, 0) is 25.5 Å². The Hall–Kier alpha value is -0.640. The van der Waals surface area contributed by atoms with E-state index in [1.807, 2.05) is 31.2 Å². The van der Waals surface area contributed by atoms with E-state index in [1.54, 1.807) is 0 Å². The van der Waals surface area contributed by atoms with Gasteiger partial charge in [0, 0.05) is 12.1 Å². The van der Waals surface area contributed by atoms with E-state index in [2.05, 4.69) is 17.6 Å². The smallest absolute Gasteiger partial charge is 0.228 e. The second kappa shape index (κ2) is 11.9. The quantitative estimate of drug-likeness (QED) is 0.254. The van der Waals surface area contributed by atoms with Crippen molar-refractivity contribution in [1.29, 1.82) is 0 Å². The third-order valence-corrected chi connectivity index (χ3v) is 4.66. The molecule has 1 amide bonds. The van der Waals surface area contributed by atoms with Crippen molar-refractivity contribution in [3.05, 3.63) is 29.8 Å². The van der Waals surface area contributed by atoms with Gasteiger partial charge in [-0.3, -0.25) is 4.79 Å². The molecule has 3 nitrogen and oxygen atoms in total. The number of nitrogens with one attached hydrogen (secondary N) is 2. The predicted molar refractivity (Wildman–Crippen MR) is 110 cm³/mol. The number of benzene rings is 1. The zero-order valence-corrected chi connectivity index (χ0v) is 17.4. The van der Waals surface area contributed by atoms with Gasteiger partial charge in [0.1, 0.15) is 6.17 Å². The molecule has 1 atom stereocenters. The molecule has 1 aromatic rings. The van der Waals surface area contributed by atoms with Crippen molar-refractivity contribution in [2.75, 3.05) is 5.32 Å². The summed E-state index contributed by atoms with van der Waals surface area (Å²) in [6, 6.07) is 7.69. The summed E-state index contributed by atoms with van der Waals surface area (Å²) in [5.41, 5.74) is 1.93. The molecule has 0 fully saturated rings. The Morgan fingerprint density at radius 3 is 2.12 bits per heavy atom. The number of anilines is 1. The Labute approximate surface area is 166 Å². The van der Waals surface area contributed by atoms with Crippen LogP contribution < -0.4 is 10.6 Å². The number of unbranched alkanes of at least 4 members (excludes halogenated alkanes) is 6. The summed E-state index contributed by atoms with van der Waals surface area (Å²) in [4.78, 5) is 12.2. The highest BCUT2D eigenvalue weighted by Gasteiger charge is 2.33. The number of hydrogen-bond donors (Lipinski definition) is 2. The van der Waals surface area contributed by atoms with Crippen LogP contribution in [0.15, 0.2) is 24.3 Å². The van der Waals surface area contributed by atoms with Crippen LogP contribution >= 0.6 is 34.8 Å². The van der Waals surface area contributed by atoms with Crippen LogP contribution in [0.3, 0.4) is 0 Å². The van der Waals surface area contributed by atoms with Gasteiger partial charge in [-0.1, -0.05) is 97.9 Å². The van der Waals surface area contributed by atoms with Crippen LogP contribution in [0.4, 0.5) is 5.69 Å². The molecular weight excluding hydrogens is 379 g/mol. The number of carbonyl (C=O) groups is 1. The minimum Gasteiger partial charge on any atom is -0.362 e. The molecule has 1 rings (SSSR count). The number of amides is 1. The Kier molecular flexibility index (Phi) is 10.6. The molecule has 0 spiro atoms. The van der Waals surface area contributed by atoms with Crippen LogP contribution in [0, 0.1) is 6.92 Å². The van der Waals surface area contributed by atoms with Crippen molar-refractivity contribution < 1.29 is 4.79 Å². The van der Waals surface area contributed by atoms with Crippen LogP contribution in [0.25, 0.3) is 0 Å². The first-order valence-electron chi connectivity index (χ1n) is 9.02. The highest BCUT2D eigenvalue weighted by Crippen LogP contribution is 2.31. The molecule has 142 valence electrons. The van der Waals surface area contributed by atoms with Gasteiger partial charge in [0.2, 0.25) is 9.70 Å². The third kappa shape index (κ3) is 10.2. The fraction of sp³-hybridized carbons (Fsp3) is 0.632. The first-order chi connectivity index (χ1) is 11.8. The highest BCUT2D eigenvalue weighted by atomic mass is 35.6. The predicted octanol–water partition coefficient (Wildman–Crippen LogP) is 6.36. The fourth-order valence-corrected chi connectivity index (χ4v) is 2.82. The lowest BCUT2D eigenvalue weighted by molar-refractivity contribution is -0.121. The molecule has 0 aromatic heterocycles. The Bertz CT molecular complexity index is 500. The van der Waals surface area contributed by atoms with Gasteiger partial charge in [-0.15, -0.1) is 0 Å². The summed E-state index contributed by atoms with van der Waals surface area (Å²) in [6.07, 6.45) is 7.79. The van der Waals surface area contributed by atoms with Crippen LogP contribution in [0.5, 0.6) is 0 Å². The van der Waals surface area contributed by atoms with E-state index < -0.39 is 9.96 Å². The summed E-state index contributed by atoms with van der Waals surface area (Å²) in [6.45, 7) is 4.20. The molecule has 6 heteroatoms. The standard InChI is InChI=1S/C19H29Cl3N2O/c1-3-4-5-6-7-8-9-10-17(25)24-18(19(20,21)22)23-16-13-11-15(2)12-14-16/h11-14,18,23H,3-10H2,1-2H3,(H,24,25)/t18-/m0/s1. The largest absolute Gasteiger partial charge is 0.362 e. The second-order valence-corrected chi connectivity index (χ2v) is 8.79. The van der Waals surface area contributed by atoms with Gasteiger partial charge >= 0.3 is 0 Å². The average Bonchev–Trinajstić information content (AvgIpc) is 2.54. The maximum Gasteiger partial charge on any atom is 0.228 e. The molecule has 0 radical (unpaired) electrons. The zero-order chi connectivity index (χ0) is 18.7. The van der Waals surface area contributed by atoms with Gasteiger partial charge in [0.05, 0.1) is 0 Å². The van der Waals surface area contributed by atoms with Crippen molar-refractivity contribution in [1.82, 2.24) is 5.32 Å². The molecule has 0 saturated heterocycles. The summed E-state index contributed by atoms with van der Waals surface area (Å²) in [7, 11) is 0. The SMILES string of the molecule is CCCCCCCCCC(=O)N[C@H](Nc1ccc(C)cc1)C(Cl)(Cl)Cl. The molecule has 0 bridgehead atoms. The minimum atomic E-state index is -1.64. The lowest BCUT2D eigenvalue weighted by Crippen LogP contribution is -2.49. The monoisotopic (exact) mass is 406 g/mol. The van der Waals surface area contributed by atoms with E-state index in [9.17, 15) is 4.79 Å². The number of halogens is 3. The summed E-state index contributed by atoms with van der Waals surface area (Å²) in [5.74, 6) is -0.107. The Balaban J connectivity index is 2.39. The molecule has 1 aromatic carbocycles. The number of rotatable bonds is 11. The molecule has 2 N–H and O–H groups in total. The van der Waals surface area contributed by atoms with Gasteiger partial charge in [-0.25, -0.2) is 0 Å². The van der Waals surface area contributed by atoms with Crippen LogP contribution in [0.1, 0.15) is 63.9 Å². The summed E-state index contributed by atoms with van der Waals surface area (Å²) < 4.78 is -1.64. The topological polar surface area (TPSA) is 41.1 Å². The van der Waals surface area contributed by atoms with E-state index in [0.717, 1.165) is 24.1 Å². The molecule has 25 heavy (non-hydrogen) atoms. The maximum absolute atomic E-state index is 12.2. The van der Waals surface area contributed by atoms with Crippen LogP contribution in [0.2, 0.25) is 0 Å². The normalized spacial score (nSPS) is 12.7. The van der Waals surface area contributed by atoms with E-state index in [1.165, 1.54) is 32.1 Å². The number of alkyl halides is 3. The van der Waals surface area contributed by atoms with E-state index in [-0.39, 0.29) is 5.91 Å². The molecule has 0 aliphatic rings. The summed E-state index contributed by atoms with van der Waals surface area (Å²) >= 11 is 18.0. The van der Waals surface area contributed by atoms with E-state index in [4.69, 9.17) is 34.8 Å². The first kappa shape index (κ1) is 22.4. The zero-order valence-electron chi connectivity index (χ0n) is 15.1. The lowest BCUT2D eigenvalue weighted by atomic mass is 10.1. The van der Waals surface area contributed by atoms with E-state index >= 15 is 0 Å². The number of aryl methyl sites for hydroxylation is 1. The second-order valence-electron chi connectivity index (χ2n) is 6.42. The van der Waals surface area contributed by atoms with Gasteiger partial charge in [-0.2, -0.15) is 0 Å². The van der Waals surface area contributed by atoms with Crippen LogP contribution in [-0.4, -0.2) is 15.9 Å². The van der Waals surface area contributed by atoms with E-state index in [0.29, 0.717) is 6.42 Å². The minimum absolute atomic E-state index is 0.107. The van der Waals surface area contributed by atoms with Crippen molar-refractivity contribution in [2.45, 2.75) is 75.2 Å². The Morgan fingerprint density at radius 1 is 1.00 bits per heavy atom. The first-order valence-corrected chi connectivity index (χ1v) is 10.2. The summed E-state index contributed by atoms with van der Waals surface area (Å²) in [5, 5.41) is 5.86. The number of carbonyl (C=O) groups excluding carboxylic acids is 1. The molecule has 0 unspecified atom stereocenters. The van der Waals surface area contributed by atoms with Crippen molar-refractivity contribution >= 4 is 46.4 Å². The highest BCUT2D eigenvalue weighted by molar-refractivity contribution is 6.68. The van der Waals surface area contributed by atoms with Crippen molar-refractivity contribution in [2.24, 2.45) is 0 Å². The lowest BCUT2D eigenvalue weighted by Gasteiger charge is -2.27. The van der Waals surface area contributed by atoms with Gasteiger partial charge in [0.15, 0.2) is 0 Å². The molecule has 0 aliphatic carbocycles. The number of hydrogen-bond acceptors (Lipinski definition) is 2. The van der Waals surface area contributed by atoms with Crippen LogP contribution in [-0.2, 0) is 4.79 Å². The molecular formula is C19H29Cl3N2O. The maximum atomic E-state index is 12.2.